The molecule has 3 nitrogen and oxygen atoms in total. The summed E-state index contributed by atoms with van der Waals surface area (Å²) in [7, 11) is 0. The van der Waals surface area contributed by atoms with Gasteiger partial charge in [-0.25, -0.2) is 4.98 Å². The minimum absolute atomic E-state index is 0.281. The molecule has 0 saturated carbocycles. The summed E-state index contributed by atoms with van der Waals surface area (Å²) in [5, 5.41) is 12.8. The monoisotopic (exact) mass is 259 g/mol. The summed E-state index contributed by atoms with van der Waals surface area (Å²) in [5.41, 5.74) is 0. The number of nitrogens with zero attached hydrogens (tertiary/aromatic N) is 2. The Labute approximate surface area is 102 Å². The lowest BCUT2D eigenvalue weighted by Gasteiger charge is -2.00. The molecule has 0 aliphatic heterocycles. The number of aromatic nitrogens is 1. The second-order valence-electron chi connectivity index (χ2n) is 2.54. The van der Waals surface area contributed by atoms with Crippen molar-refractivity contribution < 1.29 is 0 Å². The Morgan fingerprint density at radius 2 is 2.53 bits per heavy atom. The molecule has 0 saturated heterocycles. The Bertz CT molecular complexity index is 370. The van der Waals surface area contributed by atoms with E-state index in [-0.39, 0.29) is 5.15 Å². The first-order chi connectivity index (χ1) is 7.27. The molecule has 1 N–H and O–H groups in total. The number of halogens is 1. The zero-order valence-electron chi connectivity index (χ0n) is 7.99. The van der Waals surface area contributed by atoms with Crippen molar-refractivity contribution in [1.82, 2.24) is 4.98 Å². The number of hydrogen-bond donors (Lipinski definition) is 1. The molecule has 0 aromatic carbocycles. The van der Waals surface area contributed by atoms with Crippen molar-refractivity contribution in [3.05, 3.63) is 22.7 Å². The third-order valence-corrected chi connectivity index (χ3v) is 3.71. The minimum atomic E-state index is 0.281. The first-order valence-corrected chi connectivity index (χ1v) is 6.61. The molecule has 0 aliphatic rings. The fourth-order valence-corrected chi connectivity index (χ4v) is 2.40. The summed E-state index contributed by atoms with van der Waals surface area (Å²) in [4.78, 5) is 4.48. The molecule has 1 aromatic rings. The lowest BCUT2D eigenvalue weighted by molar-refractivity contribution is 1.20. The van der Waals surface area contributed by atoms with Gasteiger partial charge < -0.3 is 5.32 Å². The van der Waals surface area contributed by atoms with Crippen molar-refractivity contribution in [2.24, 2.45) is 0 Å². The van der Waals surface area contributed by atoms with Crippen LogP contribution >= 0.6 is 34.7 Å². The molecule has 0 spiro atoms. The van der Waals surface area contributed by atoms with Crippen molar-refractivity contribution in [3.63, 3.8) is 0 Å². The van der Waals surface area contributed by atoms with Gasteiger partial charge >= 0.3 is 0 Å². The summed E-state index contributed by atoms with van der Waals surface area (Å²) in [6.45, 7) is 4.45. The maximum absolute atomic E-state index is 8.67. The number of anilines is 1. The maximum Gasteiger partial charge on any atom is 0.185 e. The molecule has 1 heterocycles. The molecular weight excluding hydrogens is 250 g/mol. The average Bonchev–Trinajstić information content (AvgIpc) is 2.59. The van der Waals surface area contributed by atoms with Gasteiger partial charge in [-0.1, -0.05) is 29.0 Å². The standard InChI is InChI=1S/C9H10ClN3S2/c1-2-4-14-5-3-12-9-13-8(10)7(6-11)15-9/h2H,1,3-5H2,(H,12,13). The highest BCUT2D eigenvalue weighted by Crippen LogP contribution is 2.25. The molecule has 0 radical (unpaired) electrons. The molecule has 1 aromatic heterocycles. The molecule has 1 rings (SSSR count). The van der Waals surface area contributed by atoms with Crippen molar-refractivity contribution in [3.8, 4) is 6.07 Å². The zero-order chi connectivity index (χ0) is 11.1. The van der Waals surface area contributed by atoms with E-state index in [1.807, 2.05) is 12.1 Å². The highest BCUT2D eigenvalue weighted by atomic mass is 35.5. The third-order valence-electron chi connectivity index (χ3n) is 1.45. The van der Waals surface area contributed by atoms with Crippen LogP contribution in [0, 0.1) is 11.3 Å². The van der Waals surface area contributed by atoms with Gasteiger partial charge in [0.1, 0.15) is 10.9 Å². The SMILES string of the molecule is C=CCSCCNc1nc(Cl)c(C#N)s1. The van der Waals surface area contributed by atoms with Gasteiger partial charge in [-0.15, -0.1) is 6.58 Å². The summed E-state index contributed by atoms with van der Waals surface area (Å²) in [6, 6.07) is 1.99. The first-order valence-electron chi connectivity index (χ1n) is 4.27. The van der Waals surface area contributed by atoms with E-state index in [1.165, 1.54) is 11.3 Å². The van der Waals surface area contributed by atoms with Gasteiger partial charge in [0.15, 0.2) is 10.3 Å². The number of nitriles is 1. The quantitative estimate of drug-likeness (QED) is 0.630. The van der Waals surface area contributed by atoms with Gasteiger partial charge in [-0.05, 0) is 0 Å². The number of thiazole rings is 1. The van der Waals surface area contributed by atoms with Crippen LogP contribution in [0.15, 0.2) is 12.7 Å². The lowest BCUT2D eigenvalue weighted by Crippen LogP contribution is -2.03. The summed E-state index contributed by atoms with van der Waals surface area (Å²) in [5.74, 6) is 1.93. The summed E-state index contributed by atoms with van der Waals surface area (Å²) >= 11 is 8.79. The van der Waals surface area contributed by atoms with E-state index in [1.54, 1.807) is 11.8 Å². The van der Waals surface area contributed by atoms with Crippen LogP contribution < -0.4 is 5.32 Å². The molecule has 15 heavy (non-hydrogen) atoms. The van der Waals surface area contributed by atoms with Crippen LogP contribution in [0.25, 0.3) is 0 Å². The Morgan fingerprint density at radius 1 is 1.73 bits per heavy atom. The molecule has 0 unspecified atom stereocenters. The number of hydrogen-bond acceptors (Lipinski definition) is 5. The van der Waals surface area contributed by atoms with E-state index in [0.717, 1.165) is 18.1 Å². The lowest BCUT2D eigenvalue weighted by atomic mass is 10.6. The number of nitrogens with one attached hydrogen (secondary N) is 1. The minimum Gasteiger partial charge on any atom is -0.361 e. The van der Waals surface area contributed by atoms with Crippen molar-refractivity contribution in [1.29, 1.82) is 5.26 Å². The largest absolute Gasteiger partial charge is 0.361 e. The van der Waals surface area contributed by atoms with Gasteiger partial charge in [0.05, 0.1) is 0 Å². The predicted molar refractivity (Wildman–Crippen MR) is 67.9 cm³/mol. The molecule has 0 amide bonds. The highest BCUT2D eigenvalue weighted by Gasteiger charge is 2.07. The van der Waals surface area contributed by atoms with Crippen molar-refractivity contribution in [2.75, 3.05) is 23.4 Å². The van der Waals surface area contributed by atoms with Gasteiger partial charge in [-0.2, -0.15) is 17.0 Å². The molecule has 0 atom stereocenters. The maximum atomic E-state index is 8.67. The van der Waals surface area contributed by atoms with E-state index < -0.39 is 0 Å². The van der Waals surface area contributed by atoms with E-state index in [4.69, 9.17) is 16.9 Å². The fourth-order valence-electron chi connectivity index (χ4n) is 0.843. The van der Waals surface area contributed by atoms with E-state index >= 15 is 0 Å². The Hall–Kier alpha value is -0.700. The van der Waals surface area contributed by atoms with Crippen LogP contribution in [0.1, 0.15) is 4.88 Å². The second-order valence-corrected chi connectivity index (χ2v) is 5.05. The first kappa shape index (κ1) is 12.4. The van der Waals surface area contributed by atoms with E-state index in [9.17, 15) is 0 Å². The van der Waals surface area contributed by atoms with Crippen LogP contribution in [0.2, 0.25) is 5.15 Å². The van der Waals surface area contributed by atoms with Crippen LogP contribution in [-0.2, 0) is 0 Å². The van der Waals surface area contributed by atoms with Gasteiger partial charge in [0.2, 0.25) is 0 Å². The smallest absolute Gasteiger partial charge is 0.185 e. The van der Waals surface area contributed by atoms with Gasteiger partial charge in [0, 0.05) is 18.1 Å². The number of rotatable bonds is 6. The molecule has 0 bridgehead atoms. The van der Waals surface area contributed by atoms with Crippen molar-refractivity contribution in [2.45, 2.75) is 0 Å². The normalized spacial score (nSPS) is 9.60. The summed E-state index contributed by atoms with van der Waals surface area (Å²) < 4.78 is 0. The zero-order valence-corrected chi connectivity index (χ0v) is 10.4. The molecule has 0 fully saturated rings. The van der Waals surface area contributed by atoms with Gasteiger partial charge in [-0.3, -0.25) is 0 Å². The van der Waals surface area contributed by atoms with E-state index in [0.29, 0.717) is 10.0 Å². The second kappa shape index (κ2) is 6.72. The fraction of sp³-hybridized carbons (Fsp3) is 0.333. The Balaban J connectivity index is 2.32. The van der Waals surface area contributed by atoms with Gasteiger partial charge in [0.25, 0.3) is 0 Å². The molecule has 80 valence electrons. The molecule has 0 aliphatic carbocycles. The predicted octanol–water partition coefficient (Wildman–Crippen LogP) is 3.00. The Kier molecular flexibility index (Phi) is 5.54. The van der Waals surface area contributed by atoms with Crippen LogP contribution in [0.3, 0.4) is 0 Å². The Morgan fingerprint density at radius 3 is 3.13 bits per heavy atom. The molecule has 6 heteroatoms. The third kappa shape index (κ3) is 4.12. The van der Waals surface area contributed by atoms with Crippen LogP contribution in [0.5, 0.6) is 0 Å². The van der Waals surface area contributed by atoms with E-state index in [2.05, 4.69) is 16.9 Å². The summed E-state index contributed by atoms with van der Waals surface area (Å²) in [6.07, 6.45) is 1.87. The average molecular weight is 260 g/mol. The number of thioether (sulfide) groups is 1. The van der Waals surface area contributed by atoms with Crippen LogP contribution in [-0.4, -0.2) is 23.0 Å². The van der Waals surface area contributed by atoms with Crippen molar-refractivity contribution >= 4 is 39.8 Å². The highest BCUT2D eigenvalue weighted by molar-refractivity contribution is 7.99. The molecular formula is C9H10ClN3S2. The topological polar surface area (TPSA) is 48.7 Å². The van der Waals surface area contributed by atoms with Crippen LogP contribution in [0.4, 0.5) is 5.13 Å².